The number of hydrogen-bond donors (Lipinski definition) is 0. The third-order valence-corrected chi connectivity index (χ3v) is 18.4. The lowest BCUT2D eigenvalue weighted by Crippen LogP contribution is -2.73. The Morgan fingerprint density at radius 3 is 1.92 bits per heavy atom. The second-order valence-electron chi connectivity index (χ2n) is 15.0. The molecule has 1 aliphatic carbocycles. The summed E-state index contributed by atoms with van der Waals surface area (Å²) in [5.74, 6) is 0.626. The van der Waals surface area contributed by atoms with Gasteiger partial charge in [0, 0.05) is 26.9 Å². The van der Waals surface area contributed by atoms with Crippen LogP contribution in [0.15, 0.2) is 174 Å². The molecule has 1 nitrogen and oxygen atoms in total. The van der Waals surface area contributed by atoms with Crippen molar-refractivity contribution in [1.82, 2.24) is 0 Å². The van der Waals surface area contributed by atoms with E-state index >= 15 is 0 Å². The van der Waals surface area contributed by atoms with Gasteiger partial charge in [-0.2, -0.15) is 0 Å². The fourth-order valence-corrected chi connectivity index (χ4v) is 16.6. The third kappa shape index (κ3) is 4.38. The van der Waals surface area contributed by atoms with Crippen LogP contribution in [-0.4, -0.2) is 14.8 Å². The highest BCUT2D eigenvalue weighted by molar-refractivity contribution is 8.00. The van der Waals surface area contributed by atoms with E-state index in [1.54, 1.807) is 0 Å². The Balaban J connectivity index is 1.26. The van der Waals surface area contributed by atoms with E-state index in [9.17, 15) is 0 Å². The van der Waals surface area contributed by atoms with Crippen molar-refractivity contribution in [2.45, 2.75) is 47.8 Å². The molecule has 1 saturated carbocycles. The van der Waals surface area contributed by atoms with Crippen molar-refractivity contribution in [3.63, 3.8) is 0 Å². The first-order valence-corrected chi connectivity index (χ1v) is 21.8. The van der Waals surface area contributed by atoms with Gasteiger partial charge in [-0.1, -0.05) is 164 Å². The van der Waals surface area contributed by atoms with Crippen molar-refractivity contribution in [2.75, 3.05) is 4.90 Å². The normalized spacial score (nSPS) is 16.4. The summed E-state index contributed by atoms with van der Waals surface area (Å²) in [5, 5.41) is 5.90. The lowest BCUT2D eigenvalue weighted by molar-refractivity contribution is 0.443. The summed E-state index contributed by atoms with van der Waals surface area (Å²) in [4.78, 5) is 5.46. The molecule has 0 unspecified atom stereocenters. The Bertz CT molecular complexity index is 2450. The van der Waals surface area contributed by atoms with Gasteiger partial charge in [-0.15, -0.1) is 0 Å². The van der Waals surface area contributed by atoms with Crippen molar-refractivity contribution in [2.24, 2.45) is 0 Å². The van der Waals surface area contributed by atoms with Gasteiger partial charge in [0.05, 0.1) is 0 Å². The molecule has 52 heavy (non-hydrogen) atoms. The number of rotatable bonds is 4. The van der Waals surface area contributed by atoms with Gasteiger partial charge in [0.2, 0.25) is 6.71 Å². The van der Waals surface area contributed by atoms with Gasteiger partial charge < -0.3 is 4.90 Å². The zero-order chi connectivity index (χ0) is 34.2. The minimum absolute atomic E-state index is 0.157. The van der Waals surface area contributed by atoms with E-state index in [0.29, 0.717) is 5.92 Å². The molecule has 0 spiro atoms. The summed E-state index contributed by atoms with van der Waals surface area (Å²) in [5.41, 5.74) is 12.5. The maximum Gasteiger partial charge on any atom is 0.249 e. The van der Waals surface area contributed by atoms with Gasteiger partial charge in [0.25, 0.3) is 0 Å². The van der Waals surface area contributed by atoms with E-state index in [4.69, 9.17) is 0 Å². The van der Waals surface area contributed by atoms with Gasteiger partial charge in [-0.05, 0) is 104 Å². The monoisotopic (exact) mass is 699 g/mol. The highest BCUT2D eigenvalue weighted by Gasteiger charge is 2.51. The highest BCUT2D eigenvalue weighted by atomic mass is 32.2. The lowest BCUT2D eigenvalue weighted by atomic mass is 9.34. The van der Waals surface area contributed by atoms with Crippen LogP contribution in [0.25, 0.3) is 11.1 Å². The van der Waals surface area contributed by atoms with E-state index in [-0.39, 0.29) is 6.71 Å². The highest BCUT2D eigenvalue weighted by Crippen LogP contribution is 2.46. The second kappa shape index (κ2) is 12.0. The van der Waals surface area contributed by atoms with Crippen LogP contribution in [0.1, 0.15) is 43.6 Å². The zero-order valence-electron chi connectivity index (χ0n) is 29.1. The lowest BCUT2D eigenvalue weighted by Gasteiger charge is -2.42. The van der Waals surface area contributed by atoms with Crippen molar-refractivity contribution in [1.29, 1.82) is 0 Å². The fraction of sp³-hybridized carbons (Fsp3) is 0.125. The van der Waals surface area contributed by atoms with Gasteiger partial charge in [0.1, 0.15) is 0 Å². The summed E-state index contributed by atoms with van der Waals surface area (Å²) in [6, 6.07) is 63.1. The number of nitrogens with zero attached hydrogens (tertiary/aromatic N) is 1. The van der Waals surface area contributed by atoms with Crippen LogP contribution in [0.5, 0.6) is 0 Å². The van der Waals surface area contributed by atoms with Crippen molar-refractivity contribution in [3.05, 3.63) is 169 Å². The molecule has 7 aromatic carbocycles. The molecule has 4 aliphatic rings. The SMILES string of the molecule is c1ccc(N2c3cc4c(cc3B3c5ccccc5Sc5cc(C6CCCCC6)cc2c53)[Si](c2ccccc2)(c2ccccc2)c2ccccc2-4)cc1. The van der Waals surface area contributed by atoms with Crippen molar-refractivity contribution in [3.8, 4) is 11.1 Å². The maximum atomic E-state index is 2.69. The predicted molar refractivity (Wildman–Crippen MR) is 225 cm³/mol. The molecular weight excluding hydrogens is 662 g/mol. The average Bonchev–Trinajstić information content (AvgIpc) is 3.51. The molecule has 0 atom stereocenters. The van der Waals surface area contributed by atoms with Gasteiger partial charge in [-0.3, -0.25) is 0 Å². The van der Waals surface area contributed by atoms with Crippen LogP contribution in [0.4, 0.5) is 17.1 Å². The Labute approximate surface area is 312 Å². The topological polar surface area (TPSA) is 3.24 Å². The number of benzene rings is 7. The van der Waals surface area contributed by atoms with Crippen LogP contribution in [-0.2, 0) is 0 Å². The van der Waals surface area contributed by atoms with E-state index in [1.165, 1.54) is 113 Å². The molecule has 248 valence electrons. The molecule has 0 aromatic heterocycles. The molecule has 0 saturated heterocycles. The first-order valence-electron chi connectivity index (χ1n) is 19.0. The van der Waals surface area contributed by atoms with Gasteiger partial charge in [-0.25, -0.2) is 0 Å². The summed E-state index contributed by atoms with van der Waals surface area (Å²) in [6.07, 6.45) is 6.62. The fourth-order valence-electron chi connectivity index (χ4n) is 10.2. The quantitative estimate of drug-likeness (QED) is 0.172. The smallest absolute Gasteiger partial charge is 0.249 e. The molecule has 0 radical (unpaired) electrons. The summed E-state index contributed by atoms with van der Waals surface area (Å²) < 4.78 is 0. The average molecular weight is 700 g/mol. The molecular formula is C48H38BNSSi. The van der Waals surface area contributed by atoms with Gasteiger partial charge in [0.15, 0.2) is 8.07 Å². The Kier molecular flexibility index (Phi) is 7.07. The van der Waals surface area contributed by atoms with E-state index < -0.39 is 8.07 Å². The largest absolute Gasteiger partial charge is 0.311 e. The van der Waals surface area contributed by atoms with Crippen LogP contribution in [0.2, 0.25) is 0 Å². The number of para-hydroxylation sites is 1. The molecule has 1 fully saturated rings. The molecule has 0 N–H and O–H groups in total. The van der Waals surface area contributed by atoms with Gasteiger partial charge >= 0.3 is 0 Å². The van der Waals surface area contributed by atoms with E-state index in [1.807, 2.05) is 11.8 Å². The summed E-state index contributed by atoms with van der Waals surface area (Å²) >= 11 is 1.99. The molecule has 7 aromatic rings. The van der Waals surface area contributed by atoms with E-state index in [2.05, 4.69) is 169 Å². The number of hydrogen-bond acceptors (Lipinski definition) is 2. The Hall–Kier alpha value is -5.03. The summed E-state index contributed by atoms with van der Waals surface area (Å²) in [6.45, 7) is 0.157. The minimum atomic E-state index is -2.66. The predicted octanol–water partition coefficient (Wildman–Crippen LogP) is 7.86. The first kappa shape index (κ1) is 30.6. The maximum absolute atomic E-state index is 2.69. The molecule has 3 heterocycles. The molecule has 4 heteroatoms. The minimum Gasteiger partial charge on any atom is -0.311 e. The Morgan fingerprint density at radius 1 is 0.519 bits per heavy atom. The van der Waals surface area contributed by atoms with Crippen LogP contribution in [0, 0.1) is 0 Å². The van der Waals surface area contributed by atoms with Crippen LogP contribution < -0.4 is 42.0 Å². The van der Waals surface area contributed by atoms with E-state index in [0.717, 1.165) is 0 Å². The summed E-state index contributed by atoms with van der Waals surface area (Å²) in [7, 11) is -2.66. The van der Waals surface area contributed by atoms with Crippen LogP contribution in [0.3, 0.4) is 0 Å². The number of anilines is 3. The Morgan fingerprint density at radius 2 is 1.17 bits per heavy atom. The van der Waals surface area contributed by atoms with Crippen molar-refractivity contribution < 1.29 is 0 Å². The molecule has 0 bridgehead atoms. The number of fused-ring (bicyclic) bond motifs is 7. The standard InChI is InChI=1S/C48H38BNSSi/c1-5-17-33(18-6-1)34-29-43-48-45(30-34)51-44-27-15-14-26-40(44)49(48)41-32-47-39(31-42(41)50(43)35-19-7-2-8-20-35)38-25-13-16-28-46(38)52(47,36-21-9-3-10-22-36)37-23-11-4-12-24-37/h2-4,7-16,19-33H,1,5-6,17-18H2. The second-order valence-corrected chi connectivity index (χ2v) is 19.8. The molecule has 3 aliphatic heterocycles. The third-order valence-electron chi connectivity index (χ3n) is 12.4. The molecule has 11 rings (SSSR count). The van der Waals surface area contributed by atoms with Crippen LogP contribution >= 0.6 is 11.8 Å². The zero-order valence-corrected chi connectivity index (χ0v) is 31.0. The van der Waals surface area contributed by atoms with Crippen molar-refractivity contribution >= 4 is 80.7 Å². The first-order chi connectivity index (χ1) is 25.8. The molecule has 0 amide bonds.